The van der Waals surface area contributed by atoms with E-state index in [9.17, 15) is 9.59 Å². The first-order valence-corrected chi connectivity index (χ1v) is 7.12. The summed E-state index contributed by atoms with van der Waals surface area (Å²) < 4.78 is 0. The molecule has 1 N–H and O–H groups in total. The lowest BCUT2D eigenvalue weighted by atomic mass is 9.89. The summed E-state index contributed by atoms with van der Waals surface area (Å²) in [4.78, 5) is 26.5. The topological polar surface area (TPSA) is 49.4 Å². The molecule has 1 aliphatic carbocycles. The lowest BCUT2D eigenvalue weighted by molar-refractivity contribution is -0.153. The standard InChI is InChI=1S/C14H24N2O2/c1-4-11(10(2)3)16-9-12(17)15-14(13(16)18)7-5-6-8-14/h10-11H,4-9H2,1-3H3,(H,15,17). The highest BCUT2D eigenvalue weighted by Gasteiger charge is 2.49. The number of amides is 2. The Bertz CT molecular complexity index is 346. The fourth-order valence-electron chi connectivity index (χ4n) is 3.50. The van der Waals surface area contributed by atoms with Crippen LogP contribution in [0.2, 0.25) is 0 Å². The third-order valence-electron chi connectivity index (χ3n) is 4.41. The molecule has 0 aromatic heterocycles. The van der Waals surface area contributed by atoms with Gasteiger partial charge in [0.25, 0.3) is 0 Å². The molecule has 1 saturated heterocycles. The van der Waals surface area contributed by atoms with E-state index in [1.165, 1.54) is 0 Å². The summed E-state index contributed by atoms with van der Waals surface area (Å²) in [5.74, 6) is 0.555. The van der Waals surface area contributed by atoms with Crippen LogP contribution in [0, 0.1) is 5.92 Å². The van der Waals surface area contributed by atoms with Gasteiger partial charge < -0.3 is 10.2 Å². The number of nitrogens with zero attached hydrogens (tertiary/aromatic N) is 1. The van der Waals surface area contributed by atoms with Crippen LogP contribution in [0.3, 0.4) is 0 Å². The van der Waals surface area contributed by atoms with Crippen LogP contribution in [0.25, 0.3) is 0 Å². The maximum atomic E-state index is 12.7. The van der Waals surface area contributed by atoms with Crippen LogP contribution in [0.15, 0.2) is 0 Å². The van der Waals surface area contributed by atoms with Gasteiger partial charge in [0.2, 0.25) is 11.8 Å². The molecule has 1 aliphatic heterocycles. The molecule has 102 valence electrons. The minimum absolute atomic E-state index is 0.00981. The minimum Gasteiger partial charge on any atom is -0.340 e. The zero-order valence-electron chi connectivity index (χ0n) is 11.7. The van der Waals surface area contributed by atoms with E-state index in [1.54, 1.807) is 0 Å². The Labute approximate surface area is 109 Å². The van der Waals surface area contributed by atoms with Crippen LogP contribution in [-0.2, 0) is 9.59 Å². The molecule has 2 rings (SSSR count). The Balaban J connectivity index is 2.25. The maximum absolute atomic E-state index is 12.7. The Kier molecular flexibility index (Phi) is 3.64. The molecular formula is C14H24N2O2. The number of carbonyl (C=O) groups is 2. The average molecular weight is 252 g/mol. The van der Waals surface area contributed by atoms with E-state index < -0.39 is 5.54 Å². The summed E-state index contributed by atoms with van der Waals surface area (Å²) in [7, 11) is 0. The van der Waals surface area contributed by atoms with Crippen LogP contribution in [0.4, 0.5) is 0 Å². The summed E-state index contributed by atoms with van der Waals surface area (Å²) in [6.07, 6.45) is 4.61. The molecule has 0 radical (unpaired) electrons. The maximum Gasteiger partial charge on any atom is 0.249 e. The lowest BCUT2D eigenvalue weighted by Gasteiger charge is -2.44. The van der Waals surface area contributed by atoms with Crippen molar-refractivity contribution in [1.29, 1.82) is 0 Å². The van der Waals surface area contributed by atoms with Gasteiger partial charge in [-0.1, -0.05) is 33.6 Å². The normalized spacial score (nSPS) is 24.8. The van der Waals surface area contributed by atoms with Gasteiger partial charge in [0.1, 0.15) is 5.54 Å². The Morgan fingerprint density at radius 2 is 1.89 bits per heavy atom. The smallest absolute Gasteiger partial charge is 0.249 e. The molecule has 4 heteroatoms. The van der Waals surface area contributed by atoms with Crippen molar-refractivity contribution in [2.75, 3.05) is 6.54 Å². The van der Waals surface area contributed by atoms with Crippen molar-refractivity contribution in [1.82, 2.24) is 10.2 Å². The van der Waals surface area contributed by atoms with Gasteiger partial charge in [-0.3, -0.25) is 9.59 Å². The molecule has 1 unspecified atom stereocenters. The van der Waals surface area contributed by atoms with Crippen LogP contribution in [-0.4, -0.2) is 34.8 Å². The molecule has 0 aromatic carbocycles. The molecule has 1 heterocycles. The summed E-state index contributed by atoms with van der Waals surface area (Å²) in [5.41, 5.74) is -0.572. The van der Waals surface area contributed by atoms with E-state index in [1.807, 2.05) is 4.90 Å². The monoisotopic (exact) mass is 252 g/mol. The van der Waals surface area contributed by atoms with Gasteiger partial charge >= 0.3 is 0 Å². The van der Waals surface area contributed by atoms with E-state index in [0.29, 0.717) is 5.92 Å². The molecule has 0 bridgehead atoms. The second kappa shape index (κ2) is 4.90. The van der Waals surface area contributed by atoms with E-state index in [4.69, 9.17) is 0 Å². The predicted molar refractivity (Wildman–Crippen MR) is 70.0 cm³/mol. The molecule has 0 aromatic rings. The highest BCUT2D eigenvalue weighted by atomic mass is 16.2. The van der Waals surface area contributed by atoms with Gasteiger partial charge in [-0.15, -0.1) is 0 Å². The summed E-state index contributed by atoms with van der Waals surface area (Å²) >= 11 is 0. The van der Waals surface area contributed by atoms with Crippen molar-refractivity contribution in [2.24, 2.45) is 5.92 Å². The Morgan fingerprint density at radius 3 is 2.39 bits per heavy atom. The average Bonchev–Trinajstić information content (AvgIpc) is 2.75. The SMILES string of the molecule is CCC(C(C)C)N1CC(=O)NC2(CCCC2)C1=O. The molecule has 4 nitrogen and oxygen atoms in total. The molecule has 2 fully saturated rings. The third-order valence-corrected chi connectivity index (χ3v) is 4.41. The number of rotatable bonds is 3. The molecule has 18 heavy (non-hydrogen) atoms. The number of carbonyl (C=O) groups excluding carboxylic acids is 2. The second-order valence-corrected chi connectivity index (χ2v) is 5.99. The molecule has 1 saturated carbocycles. The first-order valence-electron chi connectivity index (χ1n) is 7.12. The van der Waals surface area contributed by atoms with Crippen molar-refractivity contribution in [3.63, 3.8) is 0 Å². The van der Waals surface area contributed by atoms with Gasteiger partial charge in [-0.2, -0.15) is 0 Å². The zero-order valence-corrected chi connectivity index (χ0v) is 11.7. The third kappa shape index (κ3) is 2.13. The van der Waals surface area contributed by atoms with Crippen LogP contribution in [0.1, 0.15) is 52.9 Å². The van der Waals surface area contributed by atoms with Crippen LogP contribution < -0.4 is 5.32 Å². The quantitative estimate of drug-likeness (QED) is 0.831. The molecule has 2 aliphatic rings. The number of hydrogen-bond acceptors (Lipinski definition) is 2. The number of nitrogens with one attached hydrogen (secondary N) is 1. The summed E-state index contributed by atoms with van der Waals surface area (Å²) in [6, 6.07) is 0.182. The molecule has 1 spiro atoms. The molecule has 2 amide bonds. The van der Waals surface area contributed by atoms with Crippen molar-refractivity contribution in [2.45, 2.75) is 64.5 Å². The largest absolute Gasteiger partial charge is 0.340 e. The van der Waals surface area contributed by atoms with Gasteiger partial charge in [-0.05, 0) is 25.2 Å². The zero-order chi connectivity index (χ0) is 13.3. The van der Waals surface area contributed by atoms with Gasteiger partial charge in [0.15, 0.2) is 0 Å². The van der Waals surface area contributed by atoms with E-state index in [2.05, 4.69) is 26.1 Å². The van der Waals surface area contributed by atoms with Gasteiger partial charge in [0.05, 0.1) is 6.54 Å². The first kappa shape index (κ1) is 13.4. The summed E-state index contributed by atoms with van der Waals surface area (Å²) in [6.45, 7) is 6.56. The number of piperazine rings is 1. The Hall–Kier alpha value is -1.06. The first-order chi connectivity index (χ1) is 8.50. The highest BCUT2D eigenvalue weighted by molar-refractivity contribution is 5.98. The fraction of sp³-hybridized carbons (Fsp3) is 0.857. The van der Waals surface area contributed by atoms with Crippen molar-refractivity contribution in [3.8, 4) is 0 Å². The highest BCUT2D eigenvalue weighted by Crippen LogP contribution is 2.34. The van der Waals surface area contributed by atoms with Crippen LogP contribution >= 0.6 is 0 Å². The van der Waals surface area contributed by atoms with Crippen LogP contribution in [0.5, 0.6) is 0 Å². The van der Waals surface area contributed by atoms with Crippen molar-refractivity contribution >= 4 is 11.8 Å². The molecule has 1 atom stereocenters. The van der Waals surface area contributed by atoms with E-state index >= 15 is 0 Å². The van der Waals surface area contributed by atoms with Gasteiger partial charge in [-0.25, -0.2) is 0 Å². The lowest BCUT2D eigenvalue weighted by Crippen LogP contribution is -2.67. The van der Waals surface area contributed by atoms with Gasteiger partial charge in [0, 0.05) is 6.04 Å². The second-order valence-electron chi connectivity index (χ2n) is 5.99. The number of hydrogen-bond donors (Lipinski definition) is 1. The van der Waals surface area contributed by atoms with Crippen molar-refractivity contribution < 1.29 is 9.59 Å². The van der Waals surface area contributed by atoms with Crippen molar-refractivity contribution in [3.05, 3.63) is 0 Å². The van der Waals surface area contributed by atoms with E-state index in [-0.39, 0.29) is 24.4 Å². The fourth-order valence-corrected chi connectivity index (χ4v) is 3.50. The molecular weight excluding hydrogens is 228 g/mol. The van der Waals surface area contributed by atoms with E-state index in [0.717, 1.165) is 32.1 Å². The minimum atomic E-state index is -0.572. The Morgan fingerprint density at radius 1 is 1.28 bits per heavy atom. The summed E-state index contributed by atoms with van der Waals surface area (Å²) in [5, 5.41) is 2.96. The predicted octanol–water partition coefficient (Wildman–Crippen LogP) is 1.69.